The number of phenols is 2. The van der Waals surface area contributed by atoms with Crippen molar-refractivity contribution >= 4 is 0 Å². The highest BCUT2D eigenvalue weighted by Gasteiger charge is 2.46. The summed E-state index contributed by atoms with van der Waals surface area (Å²) in [6, 6.07) is 4.88. The second-order valence-corrected chi connectivity index (χ2v) is 10.1. The molecule has 228 valence electrons. The second-order valence-electron chi connectivity index (χ2n) is 10.1. The lowest BCUT2D eigenvalue weighted by atomic mass is 9.66. The van der Waals surface area contributed by atoms with E-state index in [2.05, 4.69) is 0 Å². The van der Waals surface area contributed by atoms with Crippen molar-refractivity contribution in [3.8, 4) is 34.5 Å². The summed E-state index contributed by atoms with van der Waals surface area (Å²) >= 11 is 0. The highest BCUT2D eigenvalue weighted by Crippen LogP contribution is 2.54. The van der Waals surface area contributed by atoms with Crippen molar-refractivity contribution in [1.82, 2.24) is 0 Å². The summed E-state index contributed by atoms with van der Waals surface area (Å²) < 4.78 is 33.3. The second kappa shape index (κ2) is 12.9. The lowest BCUT2D eigenvalue weighted by molar-refractivity contribution is -0.304. The molecule has 0 saturated carbocycles. The molecule has 13 nitrogen and oxygen atoms in total. The number of ether oxygens (including phenoxy) is 6. The van der Waals surface area contributed by atoms with Crippen LogP contribution in [0.5, 0.6) is 34.5 Å². The van der Waals surface area contributed by atoms with Gasteiger partial charge in [0.2, 0.25) is 11.5 Å². The average Bonchev–Trinajstić information content (AvgIpc) is 2.98. The molecule has 1 fully saturated rings. The summed E-state index contributed by atoms with van der Waals surface area (Å²) in [5, 5.41) is 72.6. The summed E-state index contributed by atoms with van der Waals surface area (Å²) in [6.45, 7) is -1.02. The van der Waals surface area contributed by atoms with Crippen LogP contribution >= 0.6 is 0 Å². The Bertz CT molecular complexity index is 1180. The molecular weight excluding hydrogens is 544 g/mol. The van der Waals surface area contributed by atoms with Crippen LogP contribution in [0.15, 0.2) is 18.2 Å². The number of aliphatic hydroxyl groups excluding tert-OH is 5. The summed E-state index contributed by atoms with van der Waals surface area (Å²) in [4.78, 5) is 0. The molecule has 41 heavy (non-hydrogen) atoms. The molecule has 2 aliphatic rings. The van der Waals surface area contributed by atoms with Crippen molar-refractivity contribution in [2.75, 3.05) is 48.3 Å². The number of phenolic OH excluding ortho intramolecular Hbond substituents is 2. The minimum atomic E-state index is -1.63. The monoisotopic (exact) mass is 582 g/mol. The molecule has 4 rings (SSSR count). The fourth-order valence-corrected chi connectivity index (χ4v) is 5.83. The van der Waals surface area contributed by atoms with E-state index < -0.39 is 55.1 Å². The largest absolute Gasteiger partial charge is 0.502 e. The van der Waals surface area contributed by atoms with E-state index in [0.29, 0.717) is 17.5 Å². The van der Waals surface area contributed by atoms with Crippen molar-refractivity contribution in [2.45, 2.75) is 43.0 Å². The Labute approximate surface area is 237 Å². The highest BCUT2D eigenvalue weighted by atomic mass is 16.7. The number of rotatable bonds is 10. The van der Waals surface area contributed by atoms with Crippen molar-refractivity contribution < 1.29 is 64.2 Å². The van der Waals surface area contributed by atoms with Crippen LogP contribution in [0.2, 0.25) is 0 Å². The topological polar surface area (TPSA) is 197 Å². The fourth-order valence-electron chi connectivity index (χ4n) is 5.83. The third kappa shape index (κ3) is 5.58. The van der Waals surface area contributed by atoms with Crippen LogP contribution in [-0.2, 0) is 15.9 Å². The summed E-state index contributed by atoms with van der Waals surface area (Å²) in [5.74, 6) is -1.51. The SMILES string of the molecule is COc1cc([C@@H]2c3c(cc(OC)c(O)c3OC)C[C@H](CO)[C@@H]2CO[C@H]2O[C@@H](CO)[C@@H](O)[C@@H](O)[C@H]2O)cc(OC)c1O. The van der Waals surface area contributed by atoms with Crippen molar-refractivity contribution in [1.29, 1.82) is 0 Å². The van der Waals surface area contributed by atoms with Gasteiger partial charge in [0.25, 0.3) is 0 Å². The van der Waals surface area contributed by atoms with Gasteiger partial charge in [-0.1, -0.05) is 0 Å². The van der Waals surface area contributed by atoms with Crippen molar-refractivity contribution in [3.05, 3.63) is 34.9 Å². The Hall–Kier alpha value is -3.04. The van der Waals surface area contributed by atoms with Gasteiger partial charge >= 0.3 is 0 Å². The zero-order valence-electron chi connectivity index (χ0n) is 23.3. The quantitative estimate of drug-likeness (QED) is 0.196. The summed E-state index contributed by atoms with van der Waals surface area (Å²) in [7, 11) is 5.60. The van der Waals surface area contributed by atoms with Crippen LogP contribution in [0.25, 0.3) is 0 Å². The first-order chi connectivity index (χ1) is 19.6. The van der Waals surface area contributed by atoms with Gasteiger partial charge in [-0.2, -0.15) is 0 Å². The van der Waals surface area contributed by atoms with Crippen LogP contribution in [-0.4, -0.2) is 115 Å². The maximum Gasteiger partial charge on any atom is 0.201 e. The molecule has 13 heteroatoms. The Morgan fingerprint density at radius 2 is 1.39 bits per heavy atom. The van der Waals surface area contributed by atoms with Gasteiger partial charge in [0.1, 0.15) is 24.4 Å². The number of benzene rings is 2. The number of hydrogen-bond donors (Lipinski definition) is 7. The standard InChI is InChI=1S/C28H38O13/c1-36-16-7-13(8-17(37-2)22(16)31)20-15(11-40-28-26(35)25(34)23(32)19(10-30)41-28)14(9-29)5-12-6-18(38-3)24(33)27(39-4)21(12)20/h6-8,14-15,19-20,23,25-26,28-35H,5,9-11H2,1-4H3/t14-,15+,19+,20+,23-,25-,26-,28+/m1/s1. The maximum absolute atomic E-state index is 11.0. The van der Waals surface area contributed by atoms with Gasteiger partial charge in [-0.3, -0.25) is 0 Å². The predicted octanol–water partition coefficient (Wildman–Crippen LogP) is -0.139. The van der Waals surface area contributed by atoms with E-state index in [9.17, 15) is 35.7 Å². The number of aromatic hydroxyl groups is 2. The van der Waals surface area contributed by atoms with E-state index in [0.717, 1.165) is 5.56 Å². The molecule has 0 aromatic heterocycles. The first kappa shape index (κ1) is 30.9. The molecule has 2 aromatic rings. The van der Waals surface area contributed by atoms with Crippen LogP contribution in [0, 0.1) is 11.8 Å². The zero-order valence-corrected chi connectivity index (χ0v) is 23.3. The molecule has 2 aromatic carbocycles. The van der Waals surface area contributed by atoms with E-state index in [1.165, 1.54) is 28.4 Å². The molecule has 1 aliphatic carbocycles. The molecule has 1 saturated heterocycles. The minimum Gasteiger partial charge on any atom is -0.502 e. The normalized spacial score (nSPS) is 29.5. The number of aliphatic hydroxyl groups is 5. The number of methoxy groups -OCH3 is 4. The number of hydrogen-bond acceptors (Lipinski definition) is 13. The van der Waals surface area contributed by atoms with Crippen LogP contribution in [0.4, 0.5) is 0 Å². The highest BCUT2D eigenvalue weighted by molar-refractivity contribution is 5.64. The van der Waals surface area contributed by atoms with Crippen LogP contribution in [0.3, 0.4) is 0 Å². The van der Waals surface area contributed by atoms with E-state index in [4.69, 9.17) is 28.4 Å². The van der Waals surface area contributed by atoms with E-state index in [1.807, 2.05) is 0 Å². The Morgan fingerprint density at radius 3 is 1.93 bits per heavy atom. The molecule has 0 radical (unpaired) electrons. The Kier molecular flexibility index (Phi) is 9.70. The Morgan fingerprint density at radius 1 is 0.780 bits per heavy atom. The first-order valence-electron chi connectivity index (χ1n) is 13.1. The van der Waals surface area contributed by atoms with Gasteiger partial charge in [-0.25, -0.2) is 0 Å². The average molecular weight is 583 g/mol. The summed E-state index contributed by atoms with van der Waals surface area (Å²) in [5.41, 5.74) is 1.88. The molecular formula is C28H38O13. The van der Waals surface area contributed by atoms with Crippen LogP contribution < -0.4 is 18.9 Å². The molecule has 8 atom stereocenters. The molecule has 0 amide bonds. The minimum absolute atomic E-state index is 0.123. The number of fused-ring (bicyclic) bond motifs is 1. The van der Waals surface area contributed by atoms with Gasteiger partial charge in [-0.15, -0.1) is 0 Å². The predicted molar refractivity (Wildman–Crippen MR) is 142 cm³/mol. The lowest BCUT2D eigenvalue weighted by Crippen LogP contribution is -2.59. The van der Waals surface area contributed by atoms with Crippen LogP contribution in [0.1, 0.15) is 22.6 Å². The van der Waals surface area contributed by atoms with Gasteiger partial charge in [0.15, 0.2) is 29.3 Å². The maximum atomic E-state index is 11.0. The molecule has 0 spiro atoms. The zero-order chi connectivity index (χ0) is 30.0. The fraction of sp³-hybridized carbons (Fsp3) is 0.571. The smallest absolute Gasteiger partial charge is 0.201 e. The van der Waals surface area contributed by atoms with E-state index >= 15 is 0 Å². The van der Waals surface area contributed by atoms with E-state index in [1.54, 1.807) is 18.2 Å². The molecule has 1 aliphatic heterocycles. The molecule has 7 N–H and O–H groups in total. The van der Waals surface area contributed by atoms with Gasteiger partial charge in [0, 0.05) is 18.1 Å². The van der Waals surface area contributed by atoms with Gasteiger partial charge < -0.3 is 64.2 Å². The molecule has 0 unspecified atom stereocenters. The third-order valence-corrected chi connectivity index (χ3v) is 7.99. The van der Waals surface area contributed by atoms with Crippen molar-refractivity contribution in [3.63, 3.8) is 0 Å². The third-order valence-electron chi connectivity index (χ3n) is 7.99. The van der Waals surface area contributed by atoms with Gasteiger partial charge in [-0.05, 0) is 47.6 Å². The molecule has 0 bridgehead atoms. The first-order valence-corrected chi connectivity index (χ1v) is 13.1. The molecule has 1 heterocycles. The summed E-state index contributed by atoms with van der Waals surface area (Å²) in [6.07, 6.45) is -7.02. The van der Waals surface area contributed by atoms with E-state index in [-0.39, 0.29) is 47.7 Å². The Balaban J connectivity index is 1.85. The lowest BCUT2D eigenvalue weighted by Gasteiger charge is -2.43. The van der Waals surface area contributed by atoms with Crippen molar-refractivity contribution in [2.24, 2.45) is 11.8 Å². The van der Waals surface area contributed by atoms with Gasteiger partial charge in [0.05, 0.1) is 41.7 Å².